The van der Waals surface area contributed by atoms with Gasteiger partial charge in [0.15, 0.2) is 0 Å². The van der Waals surface area contributed by atoms with Crippen molar-refractivity contribution in [2.24, 2.45) is 4.99 Å². The first-order valence-electron chi connectivity index (χ1n) is 12.9. The number of carbonyl (C=O) groups excluding carboxylic acids is 1. The number of carbonyl (C=O) groups is 1. The van der Waals surface area contributed by atoms with E-state index in [1.165, 1.54) is 36.4 Å². The number of amides is 1. The van der Waals surface area contributed by atoms with Crippen LogP contribution in [0.3, 0.4) is 0 Å². The summed E-state index contributed by atoms with van der Waals surface area (Å²) in [5.41, 5.74) is 2.69. The molecule has 1 aliphatic rings. The molecule has 1 amide bonds. The van der Waals surface area contributed by atoms with Crippen molar-refractivity contribution in [3.05, 3.63) is 107 Å². The van der Waals surface area contributed by atoms with E-state index in [4.69, 9.17) is 11.6 Å². The molecule has 0 aromatic heterocycles. The van der Waals surface area contributed by atoms with Gasteiger partial charge in [-0.05, 0) is 77.7 Å². The highest BCUT2D eigenvalue weighted by Crippen LogP contribution is 2.32. The SMILES string of the molecule is C[C@H](CN1C=NCN1c1ccc(-c2ccc(F)c(Cl)c2)cc1)NC(=O)c1cc(-c2ccc(C(F)(F)F)cc2)ccc1O. The zero-order chi connectivity index (χ0) is 30.0. The lowest BCUT2D eigenvalue weighted by molar-refractivity contribution is -0.137. The highest BCUT2D eigenvalue weighted by molar-refractivity contribution is 6.31. The molecule has 2 N–H and O–H groups in total. The van der Waals surface area contributed by atoms with Crippen LogP contribution in [0.2, 0.25) is 5.02 Å². The van der Waals surface area contributed by atoms with E-state index in [0.29, 0.717) is 24.3 Å². The average Bonchev–Trinajstić information content (AvgIpc) is 3.42. The van der Waals surface area contributed by atoms with Crippen LogP contribution in [0.1, 0.15) is 22.8 Å². The Morgan fingerprint density at radius 3 is 2.19 bits per heavy atom. The Morgan fingerprint density at radius 2 is 1.55 bits per heavy atom. The molecule has 5 rings (SSSR count). The van der Waals surface area contributed by atoms with Crippen LogP contribution >= 0.6 is 11.6 Å². The van der Waals surface area contributed by atoms with Crippen molar-refractivity contribution >= 4 is 29.5 Å². The Labute approximate surface area is 244 Å². The number of hydrazine groups is 1. The van der Waals surface area contributed by atoms with Gasteiger partial charge in [0.2, 0.25) is 0 Å². The molecule has 0 saturated heterocycles. The van der Waals surface area contributed by atoms with Gasteiger partial charge in [0.1, 0.15) is 24.6 Å². The Hall–Kier alpha value is -4.57. The number of anilines is 1. The minimum absolute atomic E-state index is 0.00248. The molecule has 1 aliphatic heterocycles. The minimum Gasteiger partial charge on any atom is -0.507 e. The van der Waals surface area contributed by atoms with Gasteiger partial charge in [0, 0.05) is 6.04 Å². The number of hydrogen-bond acceptors (Lipinski definition) is 5. The van der Waals surface area contributed by atoms with Crippen LogP contribution in [0.5, 0.6) is 5.75 Å². The monoisotopic (exact) mass is 596 g/mol. The number of rotatable bonds is 7. The molecule has 0 unspecified atom stereocenters. The highest BCUT2D eigenvalue weighted by atomic mass is 35.5. The molecular weight excluding hydrogens is 572 g/mol. The molecule has 42 heavy (non-hydrogen) atoms. The molecule has 0 spiro atoms. The predicted octanol–water partition coefficient (Wildman–Crippen LogP) is 7.38. The van der Waals surface area contributed by atoms with Gasteiger partial charge in [-0.25, -0.2) is 4.39 Å². The van der Waals surface area contributed by atoms with E-state index in [2.05, 4.69) is 10.3 Å². The quantitative estimate of drug-likeness (QED) is 0.219. The van der Waals surface area contributed by atoms with Crippen molar-refractivity contribution in [3.8, 4) is 28.0 Å². The van der Waals surface area contributed by atoms with Crippen LogP contribution in [0.15, 0.2) is 89.9 Å². The maximum absolute atomic E-state index is 13.5. The van der Waals surface area contributed by atoms with E-state index < -0.39 is 23.5 Å². The lowest BCUT2D eigenvalue weighted by Crippen LogP contribution is -2.46. The molecule has 216 valence electrons. The van der Waals surface area contributed by atoms with Crippen molar-refractivity contribution in [3.63, 3.8) is 0 Å². The molecule has 0 fully saturated rings. The summed E-state index contributed by atoms with van der Waals surface area (Å²) in [6.45, 7) is 2.54. The van der Waals surface area contributed by atoms with Gasteiger partial charge >= 0.3 is 6.18 Å². The molecule has 11 heteroatoms. The zero-order valence-electron chi connectivity index (χ0n) is 22.2. The smallest absolute Gasteiger partial charge is 0.416 e. The maximum Gasteiger partial charge on any atom is 0.416 e. The second-order valence-electron chi connectivity index (χ2n) is 9.82. The molecule has 1 heterocycles. The summed E-state index contributed by atoms with van der Waals surface area (Å²) in [6, 6.07) is 20.7. The van der Waals surface area contributed by atoms with Crippen LogP contribution in [-0.4, -0.2) is 41.6 Å². The van der Waals surface area contributed by atoms with Crippen molar-refractivity contribution in [1.29, 1.82) is 0 Å². The van der Waals surface area contributed by atoms with E-state index in [0.717, 1.165) is 28.9 Å². The Morgan fingerprint density at radius 1 is 0.952 bits per heavy atom. The molecule has 4 aromatic rings. The van der Waals surface area contributed by atoms with E-state index in [1.54, 1.807) is 25.4 Å². The second-order valence-corrected chi connectivity index (χ2v) is 10.2. The summed E-state index contributed by atoms with van der Waals surface area (Å²) in [4.78, 5) is 17.4. The summed E-state index contributed by atoms with van der Waals surface area (Å²) >= 11 is 5.92. The van der Waals surface area contributed by atoms with Crippen molar-refractivity contribution in [2.45, 2.75) is 19.1 Å². The number of phenols is 1. The zero-order valence-corrected chi connectivity index (χ0v) is 23.0. The van der Waals surface area contributed by atoms with Crippen LogP contribution in [-0.2, 0) is 6.18 Å². The van der Waals surface area contributed by atoms with E-state index in [-0.39, 0.29) is 22.4 Å². The van der Waals surface area contributed by atoms with Crippen molar-refractivity contribution < 1.29 is 27.5 Å². The topological polar surface area (TPSA) is 68.2 Å². The fourth-order valence-electron chi connectivity index (χ4n) is 4.61. The first kappa shape index (κ1) is 28.9. The van der Waals surface area contributed by atoms with Crippen LogP contribution in [0, 0.1) is 5.82 Å². The molecule has 1 atom stereocenters. The van der Waals surface area contributed by atoms with Gasteiger partial charge < -0.3 is 10.4 Å². The van der Waals surface area contributed by atoms with Gasteiger partial charge in [-0.15, -0.1) is 0 Å². The van der Waals surface area contributed by atoms with Crippen molar-refractivity contribution in [1.82, 2.24) is 10.3 Å². The summed E-state index contributed by atoms with van der Waals surface area (Å²) in [6.07, 6.45) is -2.79. The number of nitrogens with one attached hydrogen (secondary N) is 1. The summed E-state index contributed by atoms with van der Waals surface area (Å²) in [7, 11) is 0. The molecule has 0 bridgehead atoms. The van der Waals surface area contributed by atoms with Crippen molar-refractivity contribution in [2.75, 3.05) is 18.2 Å². The standard InChI is InChI=1S/C31H25ClF4N4O2/c1-19(38-30(42)26-14-22(7-13-29(26)41)20-2-8-24(9-3-20)31(34,35)36)16-39-17-37-18-40(39)25-10-4-21(5-11-25)23-6-12-28(33)27(32)15-23/h2-15,17,19,41H,16,18H2,1H3,(H,38,42)/t19-/m1/s1. The Kier molecular flexibility index (Phi) is 8.08. The fourth-order valence-corrected chi connectivity index (χ4v) is 4.79. The lowest BCUT2D eigenvalue weighted by atomic mass is 10.0. The number of alkyl halides is 3. The first-order chi connectivity index (χ1) is 20.0. The Balaban J connectivity index is 1.24. The molecule has 4 aromatic carbocycles. The van der Waals surface area contributed by atoms with E-state index in [9.17, 15) is 27.5 Å². The minimum atomic E-state index is -4.45. The summed E-state index contributed by atoms with van der Waals surface area (Å²) in [5, 5.41) is 17.0. The summed E-state index contributed by atoms with van der Waals surface area (Å²) < 4.78 is 52.3. The van der Waals surface area contributed by atoms with Crippen LogP contribution in [0.25, 0.3) is 22.3 Å². The van der Waals surface area contributed by atoms with Crippen LogP contribution < -0.4 is 10.3 Å². The highest BCUT2D eigenvalue weighted by Gasteiger charge is 2.30. The third-order valence-corrected chi connectivity index (χ3v) is 7.07. The number of hydrogen-bond donors (Lipinski definition) is 2. The molecule has 0 saturated carbocycles. The van der Waals surface area contributed by atoms with Gasteiger partial charge in [0.25, 0.3) is 5.91 Å². The average molecular weight is 597 g/mol. The van der Waals surface area contributed by atoms with E-state index >= 15 is 0 Å². The second kappa shape index (κ2) is 11.7. The lowest BCUT2D eigenvalue weighted by Gasteiger charge is -2.31. The first-order valence-corrected chi connectivity index (χ1v) is 13.3. The van der Waals surface area contributed by atoms with Gasteiger partial charge in [-0.1, -0.05) is 48.0 Å². The Bertz CT molecular complexity index is 1630. The largest absolute Gasteiger partial charge is 0.507 e. The molecular formula is C31H25ClF4N4O2. The number of aromatic hydroxyl groups is 1. The number of halogens is 5. The third kappa shape index (κ3) is 6.33. The maximum atomic E-state index is 13.5. The number of nitrogens with zero attached hydrogens (tertiary/aromatic N) is 3. The molecule has 0 radical (unpaired) electrons. The molecule has 6 nitrogen and oxygen atoms in total. The van der Waals surface area contributed by atoms with Crippen LogP contribution in [0.4, 0.5) is 23.2 Å². The number of aliphatic imine (C=N–C) groups is 1. The van der Waals surface area contributed by atoms with Gasteiger partial charge in [0.05, 0.1) is 28.4 Å². The predicted molar refractivity (Wildman–Crippen MR) is 155 cm³/mol. The third-order valence-electron chi connectivity index (χ3n) is 6.78. The van der Waals surface area contributed by atoms with Gasteiger partial charge in [-0.2, -0.15) is 13.2 Å². The normalized spacial score (nSPS) is 13.9. The molecule has 0 aliphatic carbocycles. The van der Waals surface area contributed by atoms with E-state index in [1.807, 2.05) is 34.3 Å². The fraction of sp³-hybridized carbons (Fsp3) is 0.161. The number of benzene rings is 4. The summed E-state index contributed by atoms with van der Waals surface area (Å²) in [5.74, 6) is -1.26. The van der Waals surface area contributed by atoms with Gasteiger partial charge in [-0.3, -0.25) is 19.8 Å². The number of phenolic OH excluding ortho intramolecular Hbond substituents is 1.